The van der Waals surface area contributed by atoms with Crippen LogP contribution in [0, 0.1) is 0 Å². The number of halogens is 4. The van der Waals surface area contributed by atoms with Gasteiger partial charge in [0.25, 0.3) is 5.91 Å². The number of carbonyl (C=O) groups is 1. The van der Waals surface area contributed by atoms with Crippen LogP contribution in [0.1, 0.15) is 68.3 Å². The van der Waals surface area contributed by atoms with Gasteiger partial charge in [0.05, 0.1) is 11.2 Å². The first kappa shape index (κ1) is 24.3. The second-order valence-electron chi connectivity index (χ2n) is 9.80. The second kappa shape index (κ2) is 9.09. The predicted octanol–water partition coefficient (Wildman–Crippen LogP) is 6.08. The number of benzene rings is 1. The quantitative estimate of drug-likeness (QED) is 0.411. The summed E-state index contributed by atoms with van der Waals surface area (Å²) in [5, 5.41) is 14.3. The Hall–Kier alpha value is -2.81. The molecule has 0 bridgehead atoms. The molecule has 182 valence electrons. The third-order valence-electron chi connectivity index (χ3n) is 6.07. The number of rotatable bonds is 4. The van der Waals surface area contributed by atoms with Crippen LogP contribution in [0.4, 0.5) is 18.9 Å². The number of H-pyrrole nitrogens is 1. The molecule has 1 amide bonds. The number of fused-ring (bicyclic) bond motifs is 1. The van der Waals surface area contributed by atoms with Crippen molar-refractivity contribution in [2.45, 2.75) is 70.1 Å². The fourth-order valence-electron chi connectivity index (χ4n) is 4.15. The van der Waals surface area contributed by atoms with Crippen LogP contribution in [0.5, 0.6) is 0 Å². The van der Waals surface area contributed by atoms with Crippen LogP contribution in [0.15, 0.2) is 30.3 Å². The van der Waals surface area contributed by atoms with Crippen LogP contribution < -0.4 is 10.6 Å². The largest absolute Gasteiger partial charge is 0.433 e. The lowest BCUT2D eigenvalue weighted by molar-refractivity contribution is -0.140. The molecule has 0 atom stereocenters. The Balaban J connectivity index is 1.42. The van der Waals surface area contributed by atoms with Crippen LogP contribution >= 0.6 is 11.6 Å². The van der Waals surface area contributed by atoms with Crippen LogP contribution in [-0.2, 0) is 11.6 Å². The Morgan fingerprint density at radius 2 is 1.71 bits per heavy atom. The highest BCUT2D eigenvalue weighted by molar-refractivity contribution is 6.31. The maximum absolute atomic E-state index is 13.4. The molecule has 1 fully saturated rings. The maximum Gasteiger partial charge on any atom is 0.433 e. The molecule has 6 nitrogen and oxygen atoms in total. The number of hydrogen-bond acceptors (Lipinski definition) is 4. The normalized spacial score (nSPS) is 19.3. The predicted molar refractivity (Wildman–Crippen MR) is 126 cm³/mol. The Morgan fingerprint density at radius 3 is 2.32 bits per heavy atom. The minimum atomic E-state index is -4.55. The van der Waals surface area contributed by atoms with E-state index < -0.39 is 11.9 Å². The van der Waals surface area contributed by atoms with Crippen molar-refractivity contribution in [1.82, 2.24) is 20.5 Å². The van der Waals surface area contributed by atoms with E-state index in [1.165, 1.54) is 12.1 Å². The van der Waals surface area contributed by atoms with E-state index in [0.29, 0.717) is 47.5 Å². The molecule has 1 aliphatic carbocycles. The summed E-state index contributed by atoms with van der Waals surface area (Å²) in [7, 11) is 0. The van der Waals surface area contributed by atoms with E-state index in [9.17, 15) is 18.0 Å². The highest BCUT2D eigenvalue weighted by atomic mass is 35.5. The fraction of sp³-hybridized carbons (Fsp3) is 0.458. The lowest BCUT2D eigenvalue weighted by Gasteiger charge is -2.30. The van der Waals surface area contributed by atoms with Gasteiger partial charge in [0.15, 0.2) is 0 Å². The minimum absolute atomic E-state index is 0.0127. The summed E-state index contributed by atoms with van der Waals surface area (Å²) in [6.45, 7) is 6.07. The van der Waals surface area contributed by atoms with E-state index >= 15 is 0 Å². The van der Waals surface area contributed by atoms with Crippen molar-refractivity contribution in [1.29, 1.82) is 0 Å². The maximum atomic E-state index is 13.4. The molecule has 1 aromatic carbocycles. The van der Waals surface area contributed by atoms with E-state index in [1.807, 2.05) is 20.8 Å². The third kappa shape index (κ3) is 5.46. The average Bonchev–Trinajstić information content (AvgIpc) is 3.26. The van der Waals surface area contributed by atoms with Gasteiger partial charge < -0.3 is 10.6 Å². The van der Waals surface area contributed by atoms with Gasteiger partial charge in [0.2, 0.25) is 0 Å². The van der Waals surface area contributed by atoms with Crippen LogP contribution in [0.3, 0.4) is 0 Å². The Morgan fingerprint density at radius 1 is 1.03 bits per heavy atom. The molecule has 0 radical (unpaired) electrons. The molecule has 1 saturated carbocycles. The van der Waals surface area contributed by atoms with Gasteiger partial charge in [-0.3, -0.25) is 9.89 Å². The number of amides is 1. The van der Waals surface area contributed by atoms with Crippen molar-refractivity contribution in [3.8, 4) is 0 Å². The summed E-state index contributed by atoms with van der Waals surface area (Å²) in [6.07, 6.45) is -1.73. The van der Waals surface area contributed by atoms with E-state index in [4.69, 9.17) is 11.6 Å². The van der Waals surface area contributed by atoms with E-state index in [2.05, 4.69) is 25.8 Å². The number of alkyl halides is 3. The van der Waals surface area contributed by atoms with Gasteiger partial charge in [-0.25, -0.2) is 4.98 Å². The second-order valence-corrected chi connectivity index (χ2v) is 10.2. The van der Waals surface area contributed by atoms with E-state index in [-0.39, 0.29) is 28.9 Å². The van der Waals surface area contributed by atoms with E-state index in [1.54, 1.807) is 12.1 Å². The van der Waals surface area contributed by atoms with Gasteiger partial charge in [-0.2, -0.15) is 18.3 Å². The molecule has 0 spiro atoms. The molecule has 2 aromatic heterocycles. The number of nitrogens with zero attached hydrogens (tertiary/aromatic N) is 2. The number of hydrogen-bond donors (Lipinski definition) is 3. The fourth-order valence-corrected chi connectivity index (χ4v) is 4.32. The molecule has 4 rings (SSSR count). The van der Waals surface area contributed by atoms with Gasteiger partial charge in [0.1, 0.15) is 11.4 Å². The zero-order chi connectivity index (χ0) is 24.7. The smallest absolute Gasteiger partial charge is 0.382 e. The molecule has 0 aliphatic heterocycles. The molecule has 3 N–H and O–H groups in total. The van der Waals surface area contributed by atoms with Crippen LogP contribution in [0.2, 0.25) is 5.02 Å². The number of aromatic nitrogens is 3. The molecular weight excluding hydrogens is 467 g/mol. The first-order valence-corrected chi connectivity index (χ1v) is 11.6. The number of aromatic amines is 1. The molecular formula is C24H27ClF3N5O. The topological polar surface area (TPSA) is 82.7 Å². The number of carbonyl (C=O) groups excluding carboxylic acids is 1. The van der Waals surface area contributed by atoms with Gasteiger partial charge >= 0.3 is 6.18 Å². The lowest BCUT2D eigenvalue weighted by atomic mass is 9.90. The van der Waals surface area contributed by atoms with Gasteiger partial charge in [-0.15, -0.1) is 0 Å². The highest BCUT2D eigenvalue weighted by Gasteiger charge is 2.34. The zero-order valence-corrected chi connectivity index (χ0v) is 19.9. The summed E-state index contributed by atoms with van der Waals surface area (Å²) < 4.78 is 40.1. The number of nitrogens with one attached hydrogen (secondary N) is 3. The monoisotopic (exact) mass is 493 g/mol. The summed E-state index contributed by atoms with van der Waals surface area (Å²) >= 11 is 6.08. The Labute approximate surface area is 200 Å². The van der Waals surface area contributed by atoms with Crippen molar-refractivity contribution in [2.24, 2.45) is 0 Å². The van der Waals surface area contributed by atoms with Gasteiger partial charge in [-0.1, -0.05) is 32.4 Å². The summed E-state index contributed by atoms with van der Waals surface area (Å²) in [6, 6.07) is 7.40. The third-order valence-corrected chi connectivity index (χ3v) is 6.31. The molecule has 34 heavy (non-hydrogen) atoms. The van der Waals surface area contributed by atoms with Crippen molar-refractivity contribution < 1.29 is 18.0 Å². The SMILES string of the molecule is CC(C)(C)c1cc(C(=O)N[C@H]2CC[C@@H](Nc3cc(C(F)(F)F)nc4ccc(Cl)cc34)CC2)[nH]n1. The summed E-state index contributed by atoms with van der Waals surface area (Å²) in [5.74, 6) is -0.205. The number of pyridine rings is 1. The van der Waals surface area contributed by atoms with Crippen molar-refractivity contribution in [2.75, 3.05) is 5.32 Å². The number of anilines is 1. The van der Waals surface area contributed by atoms with Gasteiger partial charge in [-0.05, 0) is 56.0 Å². The van der Waals surface area contributed by atoms with E-state index in [0.717, 1.165) is 11.8 Å². The molecule has 1 aliphatic rings. The first-order valence-electron chi connectivity index (χ1n) is 11.2. The molecule has 10 heteroatoms. The van der Waals surface area contributed by atoms with Gasteiger partial charge in [0, 0.05) is 33.6 Å². The summed E-state index contributed by atoms with van der Waals surface area (Å²) in [5.41, 5.74) is 0.723. The Bertz CT molecular complexity index is 1190. The Kier molecular flexibility index (Phi) is 6.50. The first-order chi connectivity index (χ1) is 15.9. The van der Waals surface area contributed by atoms with Crippen molar-refractivity contribution >= 4 is 34.1 Å². The molecule has 0 saturated heterocycles. The van der Waals surface area contributed by atoms with Crippen molar-refractivity contribution in [3.05, 3.63) is 52.4 Å². The lowest BCUT2D eigenvalue weighted by Crippen LogP contribution is -2.40. The molecule has 3 aromatic rings. The van der Waals surface area contributed by atoms with Crippen LogP contribution in [-0.4, -0.2) is 33.2 Å². The zero-order valence-electron chi connectivity index (χ0n) is 19.2. The van der Waals surface area contributed by atoms with Crippen LogP contribution in [0.25, 0.3) is 10.9 Å². The summed E-state index contributed by atoms with van der Waals surface area (Å²) in [4.78, 5) is 16.4. The standard InChI is InChI=1S/C24H27ClF3N5O/c1-23(2,3)20-12-19(32-33-20)22(34)30-15-7-5-14(6-8-15)29-18-11-21(24(26,27)28)31-17-9-4-13(25)10-16(17)18/h4,9-12,14-15H,5-8H2,1-3H3,(H,29,31)(H,30,34)(H,32,33)/t14-,15+. The highest BCUT2D eigenvalue weighted by Crippen LogP contribution is 2.35. The average molecular weight is 494 g/mol. The minimum Gasteiger partial charge on any atom is -0.382 e. The van der Waals surface area contributed by atoms with Crippen molar-refractivity contribution in [3.63, 3.8) is 0 Å². The molecule has 0 unspecified atom stereocenters. The molecule has 2 heterocycles.